The summed E-state index contributed by atoms with van der Waals surface area (Å²) in [6.07, 6.45) is 0. The van der Waals surface area contributed by atoms with Gasteiger partial charge in [0.05, 0.1) is 7.18 Å². The minimum absolute atomic E-state index is 0.0381. The molecule has 19 heavy (non-hydrogen) atoms. The van der Waals surface area contributed by atoms with Crippen LogP contribution < -0.4 is 5.56 Å². The van der Waals surface area contributed by atoms with Gasteiger partial charge < -0.3 is 9.30 Å². The van der Waals surface area contributed by atoms with Crippen molar-refractivity contribution in [1.29, 1.82) is 0 Å². The number of pyridine rings is 1. The zero-order valence-electron chi connectivity index (χ0n) is 12.4. The molecule has 0 aliphatic carbocycles. The molecule has 0 radical (unpaired) electrons. The van der Waals surface area contributed by atoms with Gasteiger partial charge in [-0.15, -0.1) is 0 Å². The quantitative estimate of drug-likeness (QED) is 0.776. The minimum atomic E-state index is -0.529. The molecule has 0 unspecified atom stereocenters. The molecule has 0 fully saturated rings. The summed E-state index contributed by atoms with van der Waals surface area (Å²) in [5, 5.41) is 0. The number of alkyl halides is 1. The summed E-state index contributed by atoms with van der Waals surface area (Å²) in [6, 6.07) is 3.57. The molecule has 5 heteroatoms. The number of carbonyl (C=O) groups excluding carboxylic acids is 1. The van der Waals surface area contributed by atoms with E-state index in [1.807, 2.05) is 6.07 Å². The lowest BCUT2D eigenvalue weighted by molar-refractivity contribution is -0.155. The molecular weight excluding hydrogens is 249 g/mol. The van der Waals surface area contributed by atoms with Crippen LogP contribution in [0.3, 0.4) is 0 Å². The van der Waals surface area contributed by atoms with Crippen LogP contribution in [-0.4, -0.2) is 23.3 Å². The molecule has 4 nitrogen and oxygen atoms in total. The Hall–Kier alpha value is -1.65. The third kappa shape index (κ3) is 5.68. The normalized spacial score (nSPS) is 10.5. The molecule has 108 valence electrons. The van der Waals surface area contributed by atoms with E-state index in [9.17, 15) is 14.0 Å². The van der Waals surface area contributed by atoms with E-state index in [4.69, 9.17) is 4.74 Å². The molecule has 0 N–H and O–H groups in total. The summed E-state index contributed by atoms with van der Waals surface area (Å²) in [7, 11) is 0.500. The predicted octanol–water partition coefficient (Wildman–Crippen LogP) is 2.39. The third-order valence-electron chi connectivity index (χ3n) is 2.29. The zero-order valence-corrected chi connectivity index (χ0v) is 12.4. The van der Waals surface area contributed by atoms with Crippen LogP contribution in [0.15, 0.2) is 16.9 Å². The summed E-state index contributed by atoms with van der Waals surface area (Å²) >= 11 is 0. The molecule has 0 spiro atoms. The highest BCUT2D eigenvalue weighted by molar-refractivity contribution is 5.69. The highest BCUT2D eigenvalue weighted by atomic mass is 19.1. The molecule has 1 aromatic heterocycles. The summed E-state index contributed by atoms with van der Waals surface area (Å²) in [6.45, 7) is 8.90. The Morgan fingerprint density at radius 1 is 1.26 bits per heavy atom. The van der Waals surface area contributed by atoms with Crippen molar-refractivity contribution in [3.63, 3.8) is 0 Å². The molecule has 1 aromatic rings. The number of aryl methyl sites for hydroxylation is 2. The average molecular weight is 271 g/mol. The van der Waals surface area contributed by atoms with Crippen LogP contribution in [0.2, 0.25) is 0 Å². The van der Waals surface area contributed by atoms with Gasteiger partial charge in [-0.1, -0.05) is 6.07 Å². The topological polar surface area (TPSA) is 48.3 Å². The van der Waals surface area contributed by atoms with Gasteiger partial charge in [0.2, 0.25) is 0 Å². The fourth-order valence-corrected chi connectivity index (χ4v) is 1.48. The van der Waals surface area contributed by atoms with Crippen LogP contribution in [0.4, 0.5) is 4.39 Å². The Morgan fingerprint density at radius 3 is 2.26 bits per heavy atom. The minimum Gasteiger partial charge on any atom is -0.459 e. The number of hydrogen-bond acceptors (Lipinski definition) is 3. The van der Waals surface area contributed by atoms with Crippen LogP contribution in [0.25, 0.3) is 0 Å². The largest absolute Gasteiger partial charge is 0.459 e. The van der Waals surface area contributed by atoms with Crippen molar-refractivity contribution in [1.82, 2.24) is 4.57 Å². The SMILES string of the molecule is CF.Cc1ccc(C)n(CC(=O)OC(C)(C)C)c1=O. The second kappa shape index (κ2) is 7.07. The van der Waals surface area contributed by atoms with Crippen LogP contribution in [0, 0.1) is 13.8 Å². The maximum atomic E-state index is 11.8. The maximum absolute atomic E-state index is 11.8. The highest BCUT2D eigenvalue weighted by Crippen LogP contribution is 2.08. The lowest BCUT2D eigenvalue weighted by Crippen LogP contribution is -2.32. The fraction of sp³-hybridized carbons (Fsp3) is 0.571. The first-order chi connectivity index (χ1) is 8.70. The van der Waals surface area contributed by atoms with Gasteiger partial charge in [-0.05, 0) is 40.7 Å². The molecule has 0 bridgehead atoms. The predicted molar refractivity (Wildman–Crippen MR) is 73.1 cm³/mol. The Bertz CT molecular complexity index is 486. The van der Waals surface area contributed by atoms with E-state index in [2.05, 4.69) is 0 Å². The van der Waals surface area contributed by atoms with E-state index in [1.165, 1.54) is 4.57 Å². The molecule has 0 aliphatic rings. The summed E-state index contributed by atoms with van der Waals surface area (Å²) in [4.78, 5) is 23.5. The number of halogens is 1. The van der Waals surface area contributed by atoms with Crippen molar-refractivity contribution < 1.29 is 13.9 Å². The highest BCUT2D eigenvalue weighted by Gasteiger charge is 2.17. The number of hydrogen-bond donors (Lipinski definition) is 0. The maximum Gasteiger partial charge on any atom is 0.326 e. The Labute approximate surface area is 113 Å². The van der Waals surface area contributed by atoms with E-state index in [0.717, 1.165) is 5.69 Å². The molecule has 0 aromatic carbocycles. The summed E-state index contributed by atoms with van der Waals surface area (Å²) in [5.41, 5.74) is 0.708. The van der Waals surface area contributed by atoms with Gasteiger partial charge >= 0.3 is 5.97 Å². The molecule has 0 saturated heterocycles. The van der Waals surface area contributed by atoms with Crippen LogP contribution in [0.1, 0.15) is 32.0 Å². The van der Waals surface area contributed by atoms with E-state index in [-0.39, 0.29) is 12.1 Å². The standard InChI is InChI=1S/C13H19NO3.CH3F/c1-9-6-7-10(2)14(12(9)16)8-11(15)17-13(3,4)5;1-2/h6-7H,8H2,1-5H3;1H3. The van der Waals surface area contributed by atoms with E-state index in [0.29, 0.717) is 12.7 Å². The molecular formula is C14H22FNO3. The van der Waals surface area contributed by atoms with Gasteiger partial charge in [0.15, 0.2) is 0 Å². The van der Waals surface area contributed by atoms with E-state index >= 15 is 0 Å². The molecule has 0 saturated carbocycles. The monoisotopic (exact) mass is 271 g/mol. The number of rotatable bonds is 2. The first-order valence-electron chi connectivity index (χ1n) is 5.97. The average Bonchev–Trinajstić information content (AvgIpc) is 2.30. The van der Waals surface area contributed by atoms with Gasteiger partial charge in [0, 0.05) is 11.3 Å². The Balaban J connectivity index is 0.00000154. The number of aromatic nitrogens is 1. The van der Waals surface area contributed by atoms with Crippen molar-refractivity contribution >= 4 is 5.97 Å². The van der Waals surface area contributed by atoms with Crippen LogP contribution in [0.5, 0.6) is 0 Å². The molecule has 0 aliphatic heterocycles. The van der Waals surface area contributed by atoms with Gasteiger partial charge in [-0.2, -0.15) is 0 Å². The number of carbonyl (C=O) groups is 1. The zero-order chi connectivity index (χ0) is 15.2. The summed E-state index contributed by atoms with van der Waals surface area (Å²) in [5.74, 6) is -0.395. The smallest absolute Gasteiger partial charge is 0.326 e. The lowest BCUT2D eigenvalue weighted by atomic mass is 10.2. The van der Waals surface area contributed by atoms with Crippen LogP contribution >= 0.6 is 0 Å². The van der Waals surface area contributed by atoms with Crippen molar-refractivity contribution in [2.45, 2.75) is 46.8 Å². The van der Waals surface area contributed by atoms with E-state index in [1.54, 1.807) is 40.7 Å². The first-order valence-corrected chi connectivity index (χ1v) is 5.97. The van der Waals surface area contributed by atoms with Crippen molar-refractivity contribution in [2.24, 2.45) is 0 Å². The van der Waals surface area contributed by atoms with Crippen molar-refractivity contribution in [3.8, 4) is 0 Å². The first kappa shape index (κ1) is 17.4. The number of esters is 1. The molecule has 1 rings (SSSR count). The van der Waals surface area contributed by atoms with Gasteiger partial charge in [-0.3, -0.25) is 14.0 Å². The second-order valence-electron chi connectivity index (χ2n) is 5.14. The van der Waals surface area contributed by atoms with Crippen molar-refractivity contribution in [2.75, 3.05) is 7.18 Å². The Morgan fingerprint density at radius 2 is 1.79 bits per heavy atom. The van der Waals surface area contributed by atoms with Gasteiger partial charge in [0.25, 0.3) is 5.56 Å². The van der Waals surface area contributed by atoms with Crippen LogP contribution in [-0.2, 0) is 16.1 Å². The fourth-order valence-electron chi connectivity index (χ4n) is 1.48. The second-order valence-corrected chi connectivity index (χ2v) is 5.14. The molecule has 1 heterocycles. The summed E-state index contributed by atoms with van der Waals surface area (Å²) < 4.78 is 16.1. The van der Waals surface area contributed by atoms with Crippen molar-refractivity contribution in [3.05, 3.63) is 33.7 Å². The lowest BCUT2D eigenvalue weighted by Gasteiger charge is -2.20. The molecule has 0 atom stereocenters. The number of nitrogens with zero attached hydrogens (tertiary/aromatic N) is 1. The molecule has 0 amide bonds. The third-order valence-corrected chi connectivity index (χ3v) is 2.29. The van der Waals surface area contributed by atoms with Gasteiger partial charge in [0.1, 0.15) is 12.1 Å². The van der Waals surface area contributed by atoms with Gasteiger partial charge in [-0.25, -0.2) is 0 Å². The van der Waals surface area contributed by atoms with E-state index < -0.39 is 11.6 Å². The Kier molecular flexibility index (Phi) is 6.45. The number of ether oxygens (including phenoxy) is 1.